The van der Waals surface area contributed by atoms with Gasteiger partial charge >= 0.3 is 30.0 Å². The molecule has 0 bridgehead atoms. The number of hydrogen-bond donors (Lipinski definition) is 6. The zero-order valence-corrected chi connectivity index (χ0v) is 29.5. The van der Waals surface area contributed by atoms with Crippen LogP contribution >= 0.6 is 11.6 Å². The largest absolute Gasteiger partial charge is 0.480 e. The van der Waals surface area contributed by atoms with Crippen molar-refractivity contribution in [2.75, 3.05) is 23.8 Å². The van der Waals surface area contributed by atoms with Gasteiger partial charge in [-0.3, -0.25) is 14.4 Å². The van der Waals surface area contributed by atoms with Crippen LogP contribution in [0.5, 0.6) is 6.01 Å². The molecular weight excluding hydrogens is 721 g/mol. The van der Waals surface area contributed by atoms with Crippen LogP contribution in [0.3, 0.4) is 0 Å². The van der Waals surface area contributed by atoms with Crippen molar-refractivity contribution in [3.05, 3.63) is 64.7 Å². The molecular formula is C35H40ClF3N8O6. The van der Waals surface area contributed by atoms with Crippen molar-refractivity contribution in [2.45, 2.75) is 82.1 Å². The van der Waals surface area contributed by atoms with Crippen LogP contribution in [-0.4, -0.2) is 75.2 Å². The number of aliphatic carboxylic acids is 1. The van der Waals surface area contributed by atoms with E-state index in [1.165, 1.54) is 24.3 Å². The molecule has 3 aromatic rings. The van der Waals surface area contributed by atoms with E-state index in [2.05, 4.69) is 48.5 Å². The van der Waals surface area contributed by atoms with Crippen molar-refractivity contribution in [3.63, 3.8) is 0 Å². The van der Waals surface area contributed by atoms with Gasteiger partial charge in [-0.1, -0.05) is 37.1 Å². The van der Waals surface area contributed by atoms with Gasteiger partial charge in [-0.05, 0) is 92.8 Å². The molecule has 2 saturated carbocycles. The molecule has 5 rings (SSSR count). The number of halogens is 4. The van der Waals surface area contributed by atoms with Crippen LogP contribution in [-0.2, 0) is 19.9 Å². The summed E-state index contributed by atoms with van der Waals surface area (Å²) in [6, 6.07) is 10.8. The Morgan fingerprint density at radius 2 is 1.60 bits per heavy atom. The first-order valence-corrected chi connectivity index (χ1v) is 17.6. The number of nitrogens with zero attached hydrogens (tertiary/aromatic N) is 3. The Hall–Kier alpha value is -5.19. The highest BCUT2D eigenvalue weighted by Crippen LogP contribution is 2.48. The highest BCUT2D eigenvalue weighted by atomic mass is 35.5. The van der Waals surface area contributed by atoms with Gasteiger partial charge in [0.15, 0.2) is 6.61 Å². The predicted octanol–water partition coefficient (Wildman–Crippen LogP) is 5.09. The maximum absolute atomic E-state index is 12.9. The number of amides is 3. The highest BCUT2D eigenvalue weighted by molar-refractivity contribution is 6.35. The normalized spacial score (nSPS) is 18.2. The molecule has 6 N–H and O–H groups in total. The van der Waals surface area contributed by atoms with Gasteiger partial charge in [0, 0.05) is 28.9 Å². The van der Waals surface area contributed by atoms with E-state index in [0.29, 0.717) is 29.5 Å². The van der Waals surface area contributed by atoms with Gasteiger partial charge in [-0.15, -0.1) is 0 Å². The number of aromatic nitrogens is 3. The Morgan fingerprint density at radius 1 is 0.943 bits per heavy atom. The average Bonchev–Trinajstić information content (AvgIpc) is 3.90. The number of alkyl halides is 3. The van der Waals surface area contributed by atoms with Crippen molar-refractivity contribution in [1.82, 2.24) is 30.9 Å². The van der Waals surface area contributed by atoms with Crippen LogP contribution in [0.1, 0.15) is 74.2 Å². The van der Waals surface area contributed by atoms with E-state index in [-0.39, 0.29) is 36.5 Å². The number of anilines is 3. The van der Waals surface area contributed by atoms with Gasteiger partial charge in [0.05, 0.1) is 5.54 Å². The van der Waals surface area contributed by atoms with Crippen LogP contribution in [0.4, 0.5) is 30.8 Å². The van der Waals surface area contributed by atoms with Gasteiger partial charge in [-0.25, -0.2) is 4.79 Å². The van der Waals surface area contributed by atoms with Gasteiger partial charge in [0.2, 0.25) is 11.9 Å². The molecule has 0 saturated heterocycles. The summed E-state index contributed by atoms with van der Waals surface area (Å²) in [7, 11) is 0. The van der Waals surface area contributed by atoms with Crippen LogP contribution in [0.25, 0.3) is 0 Å². The number of carboxylic acids is 1. The minimum atomic E-state index is -4.64. The lowest BCUT2D eigenvalue weighted by atomic mass is 9.84. The quantitative estimate of drug-likeness (QED) is 0.113. The van der Waals surface area contributed by atoms with Crippen molar-refractivity contribution >= 4 is 52.9 Å². The maximum atomic E-state index is 12.9. The van der Waals surface area contributed by atoms with Gasteiger partial charge < -0.3 is 36.4 Å². The molecule has 2 aliphatic carbocycles. The molecule has 0 radical (unpaired) electrons. The minimum Gasteiger partial charge on any atom is -0.480 e. The van der Waals surface area contributed by atoms with E-state index in [9.17, 15) is 37.5 Å². The molecule has 1 aromatic heterocycles. The SMILES string of the molecule is CCC1CCC(NC(=O)C(=O)NCC[C@H](NC(=O)c2ccc(Nc3nc(NC4(c5ccc(Cl)cc5)CC4)nc(OCC(F)(F)F)n3)cc2)C(=O)O)CC1. The molecule has 18 heteroatoms. The maximum Gasteiger partial charge on any atom is 0.422 e. The molecule has 3 amide bonds. The summed E-state index contributed by atoms with van der Waals surface area (Å²) in [6.45, 7) is 0.330. The molecule has 14 nitrogen and oxygen atoms in total. The summed E-state index contributed by atoms with van der Waals surface area (Å²) in [6.07, 6.45) is 1.23. The van der Waals surface area contributed by atoms with Crippen LogP contribution < -0.4 is 31.3 Å². The number of carbonyl (C=O) groups is 4. The molecule has 284 valence electrons. The lowest BCUT2D eigenvalue weighted by Gasteiger charge is -2.28. The van der Waals surface area contributed by atoms with Crippen molar-refractivity contribution in [2.24, 2.45) is 5.92 Å². The number of nitrogens with one attached hydrogen (secondary N) is 5. The second kappa shape index (κ2) is 17.1. The summed E-state index contributed by atoms with van der Waals surface area (Å²) in [5.74, 6) is -3.27. The molecule has 1 heterocycles. The number of carbonyl (C=O) groups excluding carboxylic acids is 3. The molecule has 2 fully saturated rings. The van der Waals surface area contributed by atoms with Crippen molar-refractivity contribution < 1.29 is 42.2 Å². The van der Waals surface area contributed by atoms with Gasteiger partial charge in [0.25, 0.3) is 5.91 Å². The van der Waals surface area contributed by atoms with E-state index in [1.54, 1.807) is 12.1 Å². The molecule has 2 aromatic carbocycles. The first-order valence-electron chi connectivity index (χ1n) is 17.2. The fourth-order valence-electron chi connectivity index (χ4n) is 5.98. The first kappa shape index (κ1) is 39.0. The Balaban J connectivity index is 1.17. The van der Waals surface area contributed by atoms with Crippen molar-refractivity contribution in [3.8, 4) is 6.01 Å². The second-order valence-corrected chi connectivity index (χ2v) is 13.5. The number of hydrogen-bond acceptors (Lipinski definition) is 10. The molecule has 2 aliphatic rings. The van der Waals surface area contributed by atoms with Crippen LogP contribution in [0.2, 0.25) is 5.02 Å². The summed E-state index contributed by atoms with van der Waals surface area (Å²) in [5.41, 5.74) is 0.767. The number of ether oxygens (including phenoxy) is 1. The third-order valence-electron chi connectivity index (χ3n) is 9.17. The lowest BCUT2D eigenvalue weighted by Crippen LogP contribution is -2.47. The predicted molar refractivity (Wildman–Crippen MR) is 188 cm³/mol. The molecule has 0 unspecified atom stereocenters. The zero-order valence-electron chi connectivity index (χ0n) is 28.8. The molecule has 53 heavy (non-hydrogen) atoms. The first-order chi connectivity index (χ1) is 25.2. The summed E-state index contributed by atoms with van der Waals surface area (Å²) >= 11 is 6.02. The van der Waals surface area contributed by atoms with E-state index in [4.69, 9.17) is 16.3 Å². The number of benzene rings is 2. The third kappa shape index (κ3) is 11.4. The highest BCUT2D eigenvalue weighted by Gasteiger charge is 2.45. The molecule has 0 spiro atoms. The van der Waals surface area contributed by atoms with E-state index in [0.717, 1.165) is 37.7 Å². The summed E-state index contributed by atoms with van der Waals surface area (Å²) in [5, 5.41) is 23.8. The van der Waals surface area contributed by atoms with Crippen LogP contribution in [0.15, 0.2) is 48.5 Å². The monoisotopic (exact) mass is 760 g/mol. The Bertz CT molecular complexity index is 1770. The van der Waals surface area contributed by atoms with Gasteiger partial charge in [-0.2, -0.15) is 28.1 Å². The Kier molecular flexibility index (Phi) is 12.6. The minimum absolute atomic E-state index is 0.0334. The third-order valence-corrected chi connectivity index (χ3v) is 9.42. The lowest BCUT2D eigenvalue weighted by molar-refractivity contribution is -0.154. The molecule has 0 aliphatic heterocycles. The average molecular weight is 761 g/mol. The van der Waals surface area contributed by atoms with E-state index >= 15 is 0 Å². The summed E-state index contributed by atoms with van der Waals surface area (Å²) in [4.78, 5) is 61.7. The topological polar surface area (TPSA) is 197 Å². The Morgan fingerprint density at radius 3 is 2.21 bits per heavy atom. The number of carboxylic acid groups (broad SMARTS) is 1. The van der Waals surface area contributed by atoms with E-state index in [1.807, 2.05) is 12.1 Å². The standard InChI is InChI=1S/C35H40ClF3N8O6/c1-2-20-3-11-24(12-4-20)41-29(50)28(49)40-18-15-26(30(51)52)43-27(48)21-5-13-25(14-6-21)42-31-44-32(46-33(45-31)53-19-35(37,38)39)47-34(16-17-34)22-7-9-23(36)10-8-22/h5-10,13-14,20,24,26H,2-4,11-12,15-19H2,1H3,(H,40,49)(H,41,50)(H,43,48)(H,51,52)(H2,42,44,45,46,47)/t20?,24?,26-/m0/s1. The zero-order chi connectivity index (χ0) is 38.2. The van der Waals surface area contributed by atoms with E-state index < -0.39 is 54.1 Å². The summed E-state index contributed by atoms with van der Waals surface area (Å²) < 4.78 is 43.6. The van der Waals surface area contributed by atoms with Gasteiger partial charge in [0.1, 0.15) is 6.04 Å². The number of rotatable bonds is 15. The fourth-order valence-corrected chi connectivity index (χ4v) is 6.11. The van der Waals surface area contributed by atoms with Crippen molar-refractivity contribution in [1.29, 1.82) is 0 Å². The second-order valence-electron chi connectivity index (χ2n) is 13.1. The fraction of sp³-hybridized carbons (Fsp3) is 0.457. The Labute approximate surface area is 308 Å². The van der Waals surface area contributed by atoms with Crippen LogP contribution in [0, 0.1) is 5.92 Å². The molecule has 1 atom stereocenters. The smallest absolute Gasteiger partial charge is 0.422 e.